The van der Waals surface area contributed by atoms with Gasteiger partial charge in [-0.1, -0.05) is 52.0 Å². The Bertz CT molecular complexity index is 959. The maximum absolute atomic E-state index is 5.55. The number of rotatable bonds is 6. The second-order valence-electron chi connectivity index (χ2n) is 8.38. The normalized spacial score (nSPS) is 11.2. The van der Waals surface area contributed by atoms with Gasteiger partial charge in [0, 0.05) is 18.6 Å². The number of hydrogen-bond acceptors (Lipinski definition) is 2. The van der Waals surface area contributed by atoms with Crippen molar-refractivity contribution in [2.75, 3.05) is 14.2 Å². The third-order valence-electron chi connectivity index (χ3n) is 5.31. The van der Waals surface area contributed by atoms with E-state index in [-0.39, 0.29) is 17.8 Å². The molecule has 0 radical (unpaired) electrons. The summed E-state index contributed by atoms with van der Waals surface area (Å²) in [6.07, 6.45) is 4.31. The van der Waals surface area contributed by atoms with Crippen molar-refractivity contribution in [3.63, 3.8) is 0 Å². The molecule has 0 atom stereocenters. The summed E-state index contributed by atoms with van der Waals surface area (Å²) in [5, 5.41) is 2.41. The average Bonchev–Trinajstić information content (AvgIpc) is 2.68. The van der Waals surface area contributed by atoms with E-state index in [1.54, 1.807) is 14.2 Å². The fraction of sp³-hybridized carbons (Fsp3) is 0.400. The lowest BCUT2D eigenvalue weighted by molar-refractivity contribution is -0.00000675. The lowest BCUT2D eigenvalue weighted by Crippen LogP contribution is -3.00. The van der Waals surface area contributed by atoms with Crippen LogP contribution < -0.4 is 21.9 Å². The lowest BCUT2D eigenvalue weighted by atomic mass is 9.87. The Hall–Kier alpha value is -2.26. The van der Waals surface area contributed by atoms with Gasteiger partial charge in [-0.15, -0.1) is 0 Å². The van der Waals surface area contributed by atoms with Crippen LogP contribution in [0.1, 0.15) is 50.9 Å². The molecule has 2 aromatic carbocycles. The summed E-state index contributed by atoms with van der Waals surface area (Å²) in [6.45, 7) is 9.84. The molecule has 0 amide bonds. The maximum Gasteiger partial charge on any atom is 0.205 e. The van der Waals surface area contributed by atoms with Crippen LogP contribution in [-0.4, -0.2) is 18.8 Å². The minimum absolute atomic E-state index is 0. The van der Waals surface area contributed by atoms with Gasteiger partial charge in [0.15, 0.2) is 5.75 Å². The molecule has 0 aliphatic rings. The topological polar surface area (TPSA) is 23.4 Å². The number of pyridine rings is 1. The molecule has 156 valence electrons. The number of fused-ring (bicyclic) bond motifs is 1. The largest absolute Gasteiger partial charge is 1.00 e. The highest BCUT2D eigenvalue weighted by Gasteiger charge is 2.18. The average molecular weight is 414 g/mol. The van der Waals surface area contributed by atoms with Crippen molar-refractivity contribution < 1.29 is 21.9 Å². The van der Waals surface area contributed by atoms with Gasteiger partial charge in [0.2, 0.25) is 5.75 Å². The lowest BCUT2D eigenvalue weighted by Gasteiger charge is -2.19. The number of aromatic nitrogens is 1. The molecule has 0 aliphatic heterocycles. The highest BCUT2D eigenvalue weighted by molar-refractivity contribution is 5.88. The van der Waals surface area contributed by atoms with Crippen LogP contribution in [0.5, 0.6) is 11.5 Å². The van der Waals surface area contributed by atoms with Crippen LogP contribution in [0.4, 0.5) is 0 Å². The predicted molar refractivity (Wildman–Crippen MR) is 118 cm³/mol. The van der Waals surface area contributed by atoms with Crippen LogP contribution in [0.15, 0.2) is 48.7 Å². The first-order valence-corrected chi connectivity index (χ1v) is 10.0. The molecule has 0 saturated heterocycles. The van der Waals surface area contributed by atoms with Gasteiger partial charge in [-0.25, -0.2) is 0 Å². The van der Waals surface area contributed by atoms with Crippen molar-refractivity contribution in [1.82, 2.24) is 4.57 Å². The van der Waals surface area contributed by atoms with E-state index in [0.29, 0.717) is 0 Å². The summed E-state index contributed by atoms with van der Waals surface area (Å²) in [4.78, 5) is 0. The van der Waals surface area contributed by atoms with Gasteiger partial charge in [0.25, 0.3) is 0 Å². The zero-order valence-corrected chi connectivity index (χ0v) is 19.1. The van der Waals surface area contributed by atoms with E-state index in [2.05, 4.69) is 80.9 Å². The van der Waals surface area contributed by atoms with Crippen LogP contribution >= 0.6 is 0 Å². The zero-order chi connectivity index (χ0) is 20.3. The monoisotopic (exact) mass is 413 g/mol. The van der Waals surface area contributed by atoms with Crippen molar-refractivity contribution in [3.8, 4) is 11.5 Å². The minimum Gasteiger partial charge on any atom is -1.00 e. The molecule has 1 heterocycles. The standard InChI is InChI=1S/C25H32NO2.ClH/c1-7-8-22-21-16-24(28-6)23(27-5)15-19(21)13-14-26(22)17-18-9-11-20(12-10-18)25(2,3)4;/h9-16H,7-8,17H2,1-6H3;1H/q+1;/p-1. The Morgan fingerprint density at radius 2 is 1.55 bits per heavy atom. The predicted octanol–water partition coefficient (Wildman–Crippen LogP) is 3.24. The first kappa shape index (κ1) is 23.0. The SMILES string of the molecule is CCC[c+]1c2cc(OC)c(OC)cc2ccn1Cc1ccc(C(C)(C)C)cc1.[Cl-]. The van der Waals surface area contributed by atoms with Crippen LogP contribution in [-0.2, 0) is 18.4 Å². The van der Waals surface area contributed by atoms with Crippen molar-refractivity contribution in [2.24, 2.45) is 0 Å². The Balaban J connectivity index is 0.00000300. The van der Waals surface area contributed by atoms with Crippen LogP contribution in [0, 0.1) is 0 Å². The molecule has 1 aromatic heterocycles. The summed E-state index contributed by atoms with van der Waals surface area (Å²) in [6, 6.07) is 15.4. The number of benzene rings is 2. The Kier molecular flexibility index (Phi) is 7.54. The van der Waals surface area contributed by atoms with Crippen LogP contribution in [0.25, 0.3) is 10.8 Å². The summed E-state index contributed by atoms with van der Waals surface area (Å²) in [5.74, 6) is 1.55. The molecule has 0 unspecified atom stereocenters. The van der Waals surface area contributed by atoms with E-state index in [9.17, 15) is 0 Å². The summed E-state index contributed by atoms with van der Waals surface area (Å²) >= 11 is 0. The Morgan fingerprint density at radius 1 is 0.931 bits per heavy atom. The molecule has 3 aromatic rings. The second-order valence-corrected chi connectivity index (χ2v) is 8.38. The fourth-order valence-electron chi connectivity index (χ4n) is 3.67. The molecule has 4 heteroatoms. The highest BCUT2D eigenvalue weighted by Crippen LogP contribution is 2.34. The van der Waals surface area contributed by atoms with Gasteiger partial charge in [-0.3, -0.25) is 4.57 Å². The number of hydrogen-bond donors (Lipinski definition) is 0. The Morgan fingerprint density at radius 3 is 2.10 bits per heavy atom. The molecule has 0 spiro atoms. The summed E-state index contributed by atoms with van der Waals surface area (Å²) in [5.41, 5.74) is 4.19. The molecule has 0 aliphatic carbocycles. The number of halogens is 1. The van der Waals surface area contributed by atoms with Crippen molar-refractivity contribution in [3.05, 3.63) is 65.5 Å². The number of nitrogens with zero attached hydrogens (tertiary/aromatic N) is 1. The van der Waals surface area contributed by atoms with Gasteiger partial charge in [-0.2, -0.15) is 0 Å². The molecule has 29 heavy (non-hydrogen) atoms. The molecular weight excluding hydrogens is 382 g/mol. The molecule has 0 N–H and O–H groups in total. The van der Waals surface area contributed by atoms with E-state index < -0.39 is 0 Å². The third-order valence-corrected chi connectivity index (χ3v) is 5.31. The summed E-state index contributed by atoms with van der Waals surface area (Å²) < 4.78 is 13.4. The smallest absolute Gasteiger partial charge is 0.205 e. The van der Waals surface area contributed by atoms with E-state index in [1.165, 1.54) is 27.6 Å². The first-order valence-electron chi connectivity index (χ1n) is 10.0. The fourth-order valence-corrected chi connectivity index (χ4v) is 3.67. The van der Waals surface area contributed by atoms with E-state index in [4.69, 9.17) is 9.47 Å². The molecule has 0 bridgehead atoms. The zero-order valence-electron chi connectivity index (χ0n) is 18.4. The number of aryl methyl sites for hydroxylation is 1. The van der Waals surface area contributed by atoms with E-state index >= 15 is 0 Å². The van der Waals surface area contributed by atoms with Gasteiger partial charge in [0.1, 0.15) is 11.1 Å². The molecule has 0 fully saturated rings. The molecule has 0 saturated carbocycles. The van der Waals surface area contributed by atoms with Crippen molar-refractivity contribution >= 4 is 10.8 Å². The van der Waals surface area contributed by atoms with Crippen LogP contribution in [0.2, 0.25) is 0 Å². The van der Waals surface area contributed by atoms with Crippen molar-refractivity contribution in [1.29, 1.82) is 0 Å². The van der Waals surface area contributed by atoms with Gasteiger partial charge in [0.05, 0.1) is 38.4 Å². The van der Waals surface area contributed by atoms with Gasteiger partial charge in [-0.05, 0) is 23.0 Å². The quantitative estimate of drug-likeness (QED) is 0.579. The molecular formula is C25H32ClNO2. The third kappa shape index (κ3) is 5.02. The van der Waals surface area contributed by atoms with Crippen LogP contribution in [0.3, 0.4) is 0 Å². The van der Waals surface area contributed by atoms with E-state index in [0.717, 1.165) is 30.9 Å². The molecule has 3 rings (SSSR count). The minimum atomic E-state index is 0. The second kappa shape index (κ2) is 9.49. The van der Waals surface area contributed by atoms with E-state index in [1.807, 2.05) is 0 Å². The van der Waals surface area contributed by atoms with Gasteiger partial charge < -0.3 is 21.9 Å². The Labute approximate surface area is 181 Å². The number of methoxy groups -OCH3 is 2. The van der Waals surface area contributed by atoms with Gasteiger partial charge >= 0.3 is 0 Å². The summed E-state index contributed by atoms with van der Waals surface area (Å²) in [7, 11) is 3.37. The number of ether oxygens (including phenoxy) is 2. The first-order chi connectivity index (χ1) is 13.4. The maximum atomic E-state index is 5.55. The van der Waals surface area contributed by atoms with Crippen molar-refractivity contribution in [2.45, 2.75) is 52.5 Å². The molecule has 3 nitrogen and oxygen atoms in total. The highest BCUT2D eigenvalue weighted by atomic mass is 35.5.